The van der Waals surface area contributed by atoms with Gasteiger partial charge in [-0.05, 0) is 18.1 Å². The lowest BCUT2D eigenvalue weighted by Gasteiger charge is -2.38. The van der Waals surface area contributed by atoms with Gasteiger partial charge in [-0.25, -0.2) is 4.79 Å². The SMILES string of the molecule is CCOC(=O)C1Cc2ccccc2CN1C(=O)C(C)(C)C. The molecular formula is C17H23NO3. The molecule has 0 N–H and O–H groups in total. The van der Waals surface area contributed by atoms with Crippen LogP contribution in [-0.2, 0) is 27.3 Å². The van der Waals surface area contributed by atoms with Crippen LogP contribution >= 0.6 is 0 Å². The van der Waals surface area contributed by atoms with Gasteiger partial charge in [0.25, 0.3) is 0 Å². The van der Waals surface area contributed by atoms with Gasteiger partial charge in [0.05, 0.1) is 6.61 Å². The van der Waals surface area contributed by atoms with E-state index in [0.717, 1.165) is 11.1 Å². The summed E-state index contributed by atoms with van der Waals surface area (Å²) in [7, 11) is 0. The predicted molar refractivity (Wildman–Crippen MR) is 80.6 cm³/mol. The molecule has 1 heterocycles. The number of amides is 1. The topological polar surface area (TPSA) is 46.6 Å². The number of rotatable bonds is 2. The first kappa shape index (κ1) is 15.5. The Kier molecular flexibility index (Phi) is 4.35. The Morgan fingerprint density at radius 1 is 1.24 bits per heavy atom. The highest BCUT2D eigenvalue weighted by Gasteiger charge is 2.39. The molecule has 0 bridgehead atoms. The number of ether oxygens (including phenoxy) is 1. The van der Waals surface area contributed by atoms with Crippen LogP contribution in [0.2, 0.25) is 0 Å². The Morgan fingerprint density at radius 3 is 2.43 bits per heavy atom. The summed E-state index contributed by atoms with van der Waals surface area (Å²) in [6, 6.07) is 7.43. The fraction of sp³-hybridized carbons (Fsp3) is 0.529. The lowest BCUT2D eigenvalue weighted by molar-refractivity contribution is -0.159. The van der Waals surface area contributed by atoms with Crippen LogP contribution in [-0.4, -0.2) is 29.4 Å². The Balaban J connectivity index is 2.35. The highest BCUT2D eigenvalue weighted by Crippen LogP contribution is 2.28. The molecule has 1 aromatic carbocycles. The molecule has 0 saturated carbocycles. The van der Waals surface area contributed by atoms with Gasteiger partial charge in [0, 0.05) is 18.4 Å². The maximum Gasteiger partial charge on any atom is 0.329 e. The Bertz CT molecular complexity index is 545. The molecule has 1 aromatic rings. The van der Waals surface area contributed by atoms with Crippen molar-refractivity contribution in [3.63, 3.8) is 0 Å². The number of nitrogens with zero attached hydrogens (tertiary/aromatic N) is 1. The van der Waals surface area contributed by atoms with Crippen molar-refractivity contribution in [2.24, 2.45) is 5.41 Å². The molecule has 1 aliphatic heterocycles. The van der Waals surface area contributed by atoms with E-state index < -0.39 is 11.5 Å². The van der Waals surface area contributed by atoms with E-state index in [1.165, 1.54) is 0 Å². The summed E-state index contributed by atoms with van der Waals surface area (Å²) in [6.45, 7) is 8.20. The molecule has 114 valence electrons. The highest BCUT2D eigenvalue weighted by atomic mass is 16.5. The van der Waals surface area contributed by atoms with E-state index in [2.05, 4.69) is 0 Å². The first-order chi connectivity index (χ1) is 9.84. The normalized spacial score (nSPS) is 18.1. The third-order valence-electron chi connectivity index (χ3n) is 3.71. The van der Waals surface area contributed by atoms with E-state index in [-0.39, 0.29) is 11.9 Å². The summed E-state index contributed by atoms with van der Waals surface area (Å²) in [5.41, 5.74) is 1.71. The smallest absolute Gasteiger partial charge is 0.329 e. The largest absolute Gasteiger partial charge is 0.464 e. The molecule has 1 amide bonds. The lowest BCUT2D eigenvalue weighted by atomic mass is 9.89. The fourth-order valence-corrected chi connectivity index (χ4v) is 2.62. The molecule has 0 aliphatic carbocycles. The van der Waals surface area contributed by atoms with E-state index >= 15 is 0 Å². The molecule has 0 radical (unpaired) electrons. The maximum absolute atomic E-state index is 12.7. The second kappa shape index (κ2) is 5.88. The second-order valence-electron chi connectivity index (χ2n) is 6.42. The van der Waals surface area contributed by atoms with E-state index in [1.807, 2.05) is 45.0 Å². The van der Waals surface area contributed by atoms with Gasteiger partial charge in [-0.2, -0.15) is 0 Å². The van der Waals surface area contributed by atoms with Crippen molar-refractivity contribution in [2.45, 2.75) is 46.7 Å². The molecule has 0 aromatic heterocycles. The van der Waals surface area contributed by atoms with Gasteiger partial charge in [0.1, 0.15) is 6.04 Å². The first-order valence-electron chi connectivity index (χ1n) is 7.39. The molecule has 2 rings (SSSR count). The van der Waals surface area contributed by atoms with Gasteiger partial charge in [0.2, 0.25) is 5.91 Å². The van der Waals surface area contributed by atoms with E-state index in [4.69, 9.17) is 4.74 Å². The molecule has 4 heteroatoms. The van der Waals surface area contributed by atoms with Crippen LogP contribution in [0.25, 0.3) is 0 Å². The Hall–Kier alpha value is -1.84. The quantitative estimate of drug-likeness (QED) is 0.786. The van der Waals surface area contributed by atoms with Crippen molar-refractivity contribution >= 4 is 11.9 Å². The van der Waals surface area contributed by atoms with Crippen LogP contribution in [0, 0.1) is 5.41 Å². The monoisotopic (exact) mass is 289 g/mol. The van der Waals surface area contributed by atoms with Crippen molar-refractivity contribution < 1.29 is 14.3 Å². The van der Waals surface area contributed by atoms with Crippen molar-refractivity contribution in [3.8, 4) is 0 Å². The highest BCUT2D eigenvalue weighted by molar-refractivity contribution is 5.88. The zero-order valence-electron chi connectivity index (χ0n) is 13.2. The molecular weight excluding hydrogens is 266 g/mol. The van der Waals surface area contributed by atoms with Crippen molar-refractivity contribution in [3.05, 3.63) is 35.4 Å². The number of benzene rings is 1. The van der Waals surface area contributed by atoms with Crippen molar-refractivity contribution in [2.75, 3.05) is 6.61 Å². The van der Waals surface area contributed by atoms with Gasteiger partial charge in [-0.1, -0.05) is 45.0 Å². The lowest BCUT2D eigenvalue weighted by Crippen LogP contribution is -2.52. The van der Waals surface area contributed by atoms with E-state index in [0.29, 0.717) is 19.6 Å². The standard InChI is InChI=1S/C17H23NO3/c1-5-21-15(19)14-10-12-8-6-7-9-13(12)11-18(14)16(20)17(2,3)4/h6-9,14H,5,10-11H2,1-4H3. The van der Waals surface area contributed by atoms with Crippen molar-refractivity contribution in [1.82, 2.24) is 4.90 Å². The molecule has 1 atom stereocenters. The average Bonchev–Trinajstić information content (AvgIpc) is 2.44. The molecule has 4 nitrogen and oxygen atoms in total. The Morgan fingerprint density at radius 2 is 1.86 bits per heavy atom. The number of carbonyl (C=O) groups excluding carboxylic acids is 2. The Labute approximate surface area is 126 Å². The maximum atomic E-state index is 12.7. The zero-order chi connectivity index (χ0) is 15.6. The van der Waals surface area contributed by atoms with Crippen molar-refractivity contribution in [1.29, 1.82) is 0 Å². The van der Waals surface area contributed by atoms with Gasteiger partial charge >= 0.3 is 5.97 Å². The van der Waals surface area contributed by atoms with Crippen LogP contribution in [0.4, 0.5) is 0 Å². The van der Waals surface area contributed by atoms with Gasteiger partial charge in [-0.15, -0.1) is 0 Å². The van der Waals surface area contributed by atoms with E-state index in [9.17, 15) is 9.59 Å². The average molecular weight is 289 g/mol. The van der Waals surface area contributed by atoms with Gasteiger partial charge < -0.3 is 9.64 Å². The molecule has 0 fully saturated rings. The predicted octanol–water partition coefficient (Wildman–Crippen LogP) is 2.55. The van der Waals surface area contributed by atoms with Crippen LogP contribution in [0.1, 0.15) is 38.8 Å². The van der Waals surface area contributed by atoms with Crippen LogP contribution in [0.3, 0.4) is 0 Å². The third kappa shape index (κ3) is 3.26. The molecule has 0 saturated heterocycles. The summed E-state index contributed by atoms with van der Waals surface area (Å²) in [6.07, 6.45) is 0.525. The molecule has 0 spiro atoms. The summed E-state index contributed by atoms with van der Waals surface area (Å²) in [4.78, 5) is 26.6. The van der Waals surface area contributed by atoms with E-state index in [1.54, 1.807) is 11.8 Å². The molecule has 21 heavy (non-hydrogen) atoms. The number of hydrogen-bond acceptors (Lipinski definition) is 3. The molecule has 1 aliphatic rings. The zero-order valence-corrected chi connectivity index (χ0v) is 13.2. The molecule has 1 unspecified atom stereocenters. The first-order valence-corrected chi connectivity index (χ1v) is 7.39. The summed E-state index contributed by atoms with van der Waals surface area (Å²) >= 11 is 0. The van der Waals surface area contributed by atoms with Gasteiger partial charge in [-0.3, -0.25) is 4.79 Å². The number of esters is 1. The summed E-state index contributed by atoms with van der Waals surface area (Å²) < 4.78 is 5.16. The minimum Gasteiger partial charge on any atom is -0.464 e. The van der Waals surface area contributed by atoms with Crippen LogP contribution < -0.4 is 0 Å². The minimum absolute atomic E-state index is 0.0185. The number of hydrogen-bond donors (Lipinski definition) is 0. The number of carbonyl (C=O) groups is 2. The minimum atomic E-state index is -0.522. The summed E-state index contributed by atoms with van der Waals surface area (Å²) in [5, 5.41) is 0. The third-order valence-corrected chi connectivity index (χ3v) is 3.71. The van der Waals surface area contributed by atoms with Crippen LogP contribution in [0.5, 0.6) is 0 Å². The number of fused-ring (bicyclic) bond motifs is 1. The summed E-state index contributed by atoms with van der Waals surface area (Å²) in [5.74, 6) is -0.334. The van der Waals surface area contributed by atoms with Gasteiger partial charge in [0.15, 0.2) is 0 Å². The van der Waals surface area contributed by atoms with Crippen LogP contribution in [0.15, 0.2) is 24.3 Å². The second-order valence-corrected chi connectivity index (χ2v) is 6.42. The fourth-order valence-electron chi connectivity index (χ4n) is 2.62.